The van der Waals surface area contributed by atoms with Crippen LogP contribution < -0.4 is 0 Å². The molecule has 0 atom stereocenters. The maximum atomic E-state index is 13.0. The van der Waals surface area contributed by atoms with Crippen molar-refractivity contribution in [2.24, 2.45) is 0 Å². The molecule has 0 aliphatic heterocycles. The van der Waals surface area contributed by atoms with E-state index < -0.39 is 18.3 Å². The van der Waals surface area contributed by atoms with Gasteiger partial charge in [-0.05, 0) is 29.8 Å². The summed E-state index contributed by atoms with van der Waals surface area (Å²) in [6.45, 7) is -0.437. The number of aliphatic hydroxyl groups excluding tert-OH is 1. The first-order valence-corrected chi connectivity index (χ1v) is 6.70. The first-order chi connectivity index (χ1) is 9.40. The van der Waals surface area contributed by atoms with Gasteiger partial charge in [0.05, 0.1) is 17.2 Å². The van der Waals surface area contributed by atoms with Crippen molar-refractivity contribution in [3.05, 3.63) is 52.7 Å². The topological polar surface area (TPSA) is 33.1 Å². The molecule has 0 bridgehead atoms. The summed E-state index contributed by atoms with van der Waals surface area (Å²) in [5.74, 6) is 0. The molecule has 2 nitrogen and oxygen atoms in total. The van der Waals surface area contributed by atoms with E-state index in [9.17, 15) is 13.2 Å². The summed E-state index contributed by atoms with van der Waals surface area (Å²) < 4.78 is 39.0. The minimum absolute atomic E-state index is 0.0320. The van der Waals surface area contributed by atoms with Gasteiger partial charge in [-0.1, -0.05) is 29.4 Å². The molecule has 1 heterocycles. The number of aliphatic hydroxyl groups is 1. The zero-order valence-electron chi connectivity index (χ0n) is 9.99. The summed E-state index contributed by atoms with van der Waals surface area (Å²) in [6.07, 6.45) is -3.11. The molecular weight excluding hydrogens is 311 g/mol. The van der Waals surface area contributed by atoms with Gasteiger partial charge in [-0.2, -0.15) is 13.2 Å². The van der Waals surface area contributed by atoms with Gasteiger partial charge < -0.3 is 5.11 Å². The maximum Gasteiger partial charge on any atom is 0.417 e. The van der Waals surface area contributed by atoms with Gasteiger partial charge >= 0.3 is 6.18 Å². The molecule has 1 aromatic carbocycles. The molecule has 0 saturated heterocycles. The highest BCUT2D eigenvalue weighted by molar-refractivity contribution is 7.99. The summed E-state index contributed by atoms with van der Waals surface area (Å²) >= 11 is 6.58. The van der Waals surface area contributed by atoms with Crippen LogP contribution in [0.5, 0.6) is 0 Å². The van der Waals surface area contributed by atoms with E-state index in [2.05, 4.69) is 4.98 Å². The van der Waals surface area contributed by atoms with Crippen molar-refractivity contribution >= 4 is 23.4 Å². The molecule has 7 heteroatoms. The summed E-state index contributed by atoms with van der Waals surface area (Å²) in [5, 5.41) is 9.77. The molecule has 0 fully saturated rings. The van der Waals surface area contributed by atoms with Gasteiger partial charge in [-0.15, -0.1) is 0 Å². The Morgan fingerprint density at radius 3 is 2.50 bits per heavy atom. The molecule has 106 valence electrons. The van der Waals surface area contributed by atoms with Crippen LogP contribution in [-0.4, -0.2) is 10.1 Å². The Bertz CT molecular complexity index is 602. The highest BCUT2D eigenvalue weighted by atomic mass is 35.5. The predicted molar refractivity (Wildman–Crippen MR) is 70.7 cm³/mol. The van der Waals surface area contributed by atoms with Crippen LogP contribution in [-0.2, 0) is 12.8 Å². The number of hydrogen-bond acceptors (Lipinski definition) is 3. The molecule has 20 heavy (non-hydrogen) atoms. The summed E-state index contributed by atoms with van der Waals surface area (Å²) in [6, 6.07) is 6.83. The van der Waals surface area contributed by atoms with Crippen molar-refractivity contribution in [3.63, 3.8) is 0 Å². The standard InChI is InChI=1S/C13H9ClF3NOS/c14-9-2-4-12(18-6-9)20-11-3-1-8(7-19)5-10(11)13(15,16)17/h1-6,19H,7H2. The zero-order valence-corrected chi connectivity index (χ0v) is 11.6. The number of halogens is 4. The van der Waals surface area contributed by atoms with E-state index in [1.54, 1.807) is 12.1 Å². The Kier molecular flexibility index (Phi) is 4.57. The normalized spacial score (nSPS) is 11.7. The number of rotatable bonds is 3. The van der Waals surface area contributed by atoms with Gasteiger partial charge in [0.2, 0.25) is 0 Å². The Hall–Kier alpha value is -1.24. The Balaban J connectivity index is 2.38. The molecule has 1 aromatic heterocycles. The van der Waals surface area contributed by atoms with Crippen LogP contribution in [0.2, 0.25) is 5.02 Å². The fourth-order valence-electron chi connectivity index (χ4n) is 1.52. The molecule has 0 unspecified atom stereocenters. The van der Waals surface area contributed by atoms with Gasteiger partial charge in [0, 0.05) is 11.1 Å². The Morgan fingerprint density at radius 1 is 1.20 bits per heavy atom. The van der Waals surface area contributed by atoms with Crippen LogP contribution in [0.15, 0.2) is 46.5 Å². The molecular formula is C13H9ClF3NOS. The molecule has 0 aliphatic carbocycles. The lowest BCUT2D eigenvalue weighted by Gasteiger charge is -2.13. The number of hydrogen-bond donors (Lipinski definition) is 1. The molecule has 0 radical (unpaired) electrons. The second-order valence-corrected chi connectivity index (χ2v) is 5.40. The molecule has 0 saturated carbocycles. The summed E-state index contributed by atoms with van der Waals surface area (Å²) in [7, 11) is 0. The largest absolute Gasteiger partial charge is 0.417 e. The van der Waals surface area contributed by atoms with E-state index in [1.807, 2.05) is 0 Å². The average molecular weight is 320 g/mol. The molecule has 2 aromatic rings. The maximum absolute atomic E-state index is 13.0. The van der Waals surface area contributed by atoms with Crippen molar-refractivity contribution in [3.8, 4) is 0 Å². The summed E-state index contributed by atoms with van der Waals surface area (Å²) in [5.41, 5.74) is -0.573. The fourth-order valence-corrected chi connectivity index (χ4v) is 2.52. The Labute approximate surface area is 122 Å². The minimum Gasteiger partial charge on any atom is -0.392 e. The van der Waals surface area contributed by atoms with Crippen LogP contribution in [0.1, 0.15) is 11.1 Å². The second kappa shape index (κ2) is 6.03. The van der Waals surface area contributed by atoms with Gasteiger partial charge in [0.25, 0.3) is 0 Å². The number of pyridine rings is 1. The van der Waals surface area contributed by atoms with Crippen LogP contribution in [0, 0.1) is 0 Å². The zero-order chi connectivity index (χ0) is 14.8. The minimum atomic E-state index is -4.49. The predicted octanol–water partition coefficient (Wildman–Crippen LogP) is 4.40. The first-order valence-electron chi connectivity index (χ1n) is 5.50. The van der Waals surface area contributed by atoms with Gasteiger partial charge in [-0.25, -0.2) is 4.98 Å². The van der Waals surface area contributed by atoms with Crippen LogP contribution in [0.3, 0.4) is 0 Å². The second-order valence-electron chi connectivity index (χ2n) is 3.90. The van der Waals surface area contributed by atoms with Crippen LogP contribution in [0.25, 0.3) is 0 Å². The lowest BCUT2D eigenvalue weighted by Crippen LogP contribution is -2.07. The van der Waals surface area contributed by atoms with Gasteiger partial charge in [0.1, 0.15) is 5.03 Å². The van der Waals surface area contributed by atoms with Crippen LogP contribution >= 0.6 is 23.4 Å². The van der Waals surface area contributed by atoms with Crippen molar-refractivity contribution in [1.29, 1.82) is 0 Å². The first kappa shape index (κ1) is 15.2. The molecule has 0 spiro atoms. The van der Waals surface area contributed by atoms with E-state index in [-0.39, 0.29) is 10.5 Å². The molecule has 0 amide bonds. The van der Waals surface area contributed by atoms with Gasteiger partial charge in [0.15, 0.2) is 0 Å². The van der Waals surface area contributed by atoms with E-state index in [0.717, 1.165) is 17.8 Å². The van der Waals surface area contributed by atoms with E-state index in [1.165, 1.54) is 18.3 Å². The highest BCUT2D eigenvalue weighted by Crippen LogP contribution is 2.39. The molecule has 2 rings (SSSR count). The number of aromatic nitrogens is 1. The number of benzene rings is 1. The monoisotopic (exact) mass is 319 g/mol. The summed E-state index contributed by atoms with van der Waals surface area (Å²) in [4.78, 5) is 3.99. The quantitative estimate of drug-likeness (QED) is 0.910. The van der Waals surface area contributed by atoms with Crippen molar-refractivity contribution in [2.45, 2.75) is 22.7 Å². The lowest BCUT2D eigenvalue weighted by molar-refractivity contribution is -0.139. The van der Waals surface area contributed by atoms with Crippen LogP contribution in [0.4, 0.5) is 13.2 Å². The third-order valence-electron chi connectivity index (χ3n) is 2.45. The number of nitrogens with zero attached hydrogens (tertiary/aromatic N) is 1. The SMILES string of the molecule is OCc1ccc(Sc2ccc(Cl)cn2)c(C(F)(F)F)c1. The van der Waals surface area contributed by atoms with E-state index in [0.29, 0.717) is 10.0 Å². The Morgan fingerprint density at radius 2 is 1.95 bits per heavy atom. The lowest BCUT2D eigenvalue weighted by atomic mass is 10.1. The van der Waals surface area contributed by atoms with Gasteiger partial charge in [-0.3, -0.25) is 0 Å². The smallest absolute Gasteiger partial charge is 0.392 e. The average Bonchev–Trinajstić information content (AvgIpc) is 2.40. The van der Waals surface area contributed by atoms with E-state index >= 15 is 0 Å². The molecule has 1 N–H and O–H groups in total. The highest BCUT2D eigenvalue weighted by Gasteiger charge is 2.34. The van der Waals surface area contributed by atoms with Crippen molar-refractivity contribution < 1.29 is 18.3 Å². The fraction of sp³-hybridized carbons (Fsp3) is 0.154. The third kappa shape index (κ3) is 3.65. The third-order valence-corrected chi connectivity index (χ3v) is 3.70. The van der Waals surface area contributed by atoms with Crippen molar-refractivity contribution in [1.82, 2.24) is 4.98 Å². The van der Waals surface area contributed by atoms with E-state index in [4.69, 9.17) is 16.7 Å². The molecule has 0 aliphatic rings. The number of alkyl halides is 3. The van der Waals surface area contributed by atoms with Crippen molar-refractivity contribution in [2.75, 3.05) is 0 Å².